The normalized spacial score (nSPS) is 17.4. The molecular formula is C50H64O6S2. The molecule has 8 heteroatoms. The molecule has 0 fully saturated rings. The van der Waals surface area contributed by atoms with Gasteiger partial charge >= 0.3 is 0 Å². The highest BCUT2D eigenvalue weighted by Gasteiger charge is 2.23. The number of ketones is 2. The van der Waals surface area contributed by atoms with Crippen LogP contribution in [0, 0.1) is 0 Å². The molecule has 4 aromatic carbocycles. The van der Waals surface area contributed by atoms with Crippen LogP contribution in [0.5, 0.6) is 0 Å². The van der Waals surface area contributed by atoms with Gasteiger partial charge in [0.25, 0.3) is 0 Å². The zero-order chi connectivity index (χ0) is 42.4. The van der Waals surface area contributed by atoms with Crippen molar-refractivity contribution in [3.05, 3.63) is 140 Å². The van der Waals surface area contributed by atoms with Crippen molar-refractivity contribution in [3.8, 4) is 0 Å². The predicted octanol–water partition coefficient (Wildman–Crippen LogP) is 10.3. The summed E-state index contributed by atoms with van der Waals surface area (Å²) in [7, 11) is -5.67. The first-order chi connectivity index (χ1) is 27.3. The zero-order valence-corrected chi connectivity index (χ0v) is 37.6. The van der Waals surface area contributed by atoms with Crippen LogP contribution in [-0.4, -0.2) is 39.9 Å². The van der Waals surface area contributed by atoms with E-state index in [0.29, 0.717) is 72.4 Å². The quantitative estimate of drug-likeness (QED) is 0.203. The highest BCUT2D eigenvalue weighted by atomic mass is 32.2. The van der Waals surface area contributed by atoms with Crippen LogP contribution in [-0.2, 0) is 79.3 Å². The molecule has 0 N–H and O–H groups in total. The first-order valence-corrected chi connectivity index (χ1v) is 24.8. The molecule has 4 aromatic rings. The average molecular weight is 825 g/mol. The highest BCUT2D eigenvalue weighted by Crippen LogP contribution is 2.28. The van der Waals surface area contributed by atoms with E-state index < -0.39 is 19.7 Å². The molecule has 6 nitrogen and oxygen atoms in total. The first-order valence-electron chi connectivity index (χ1n) is 21.2. The molecule has 2 heterocycles. The van der Waals surface area contributed by atoms with E-state index in [4.69, 9.17) is 0 Å². The van der Waals surface area contributed by atoms with Crippen LogP contribution in [0.2, 0.25) is 0 Å². The molecule has 8 rings (SSSR count). The van der Waals surface area contributed by atoms with Crippen LogP contribution in [0.4, 0.5) is 0 Å². The van der Waals surface area contributed by atoms with E-state index in [1.54, 1.807) is 0 Å². The van der Waals surface area contributed by atoms with Gasteiger partial charge in [0.15, 0.2) is 19.7 Å². The summed E-state index contributed by atoms with van der Waals surface area (Å²) in [5.41, 5.74) is 14.9. The fourth-order valence-corrected chi connectivity index (χ4v) is 10.7. The van der Waals surface area contributed by atoms with E-state index in [9.17, 15) is 26.4 Å². The lowest BCUT2D eigenvalue weighted by atomic mass is 9.88. The Balaban J connectivity index is 0.000000147. The fraction of sp³-hybridized carbons (Fsp3) is 0.480. The number of sulfone groups is 2. The lowest BCUT2D eigenvalue weighted by Crippen LogP contribution is -2.19. The molecule has 2 aliphatic carbocycles. The molecule has 0 amide bonds. The molecule has 0 unspecified atom stereocenters. The lowest BCUT2D eigenvalue weighted by Gasteiger charge is -2.18. The maximum Gasteiger partial charge on any atom is 0.154 e. The molecule has 58 heavy (non-hydrogen) atoms. The Bertz CT molecular complexity index is 2330. The van der Waals surface area contributed by atoms with Crippen LogP contribution < -0.4 is 0 Å². The van der Waals surface area contributed by atoms with Gasteiger partial charge in [0, 0.05) is 25.7 Å². The Labute approximate surface area is 349 Å². The summed E-state index contributed by atoms with van der Waals surface area (Å²) < 4.78 is 45.9. The minimum Gasteiger partial charge on any atom is -0.299 e. The summed E-state index contributed by atoms with van der Waals surface area (Å²) in [6.07, 6.45) is 5.99. The van der Waals surface area contributed by atoms with E-state index >= 15 is 0 Å². The fourth-order valence-electron chi connectivity index (χ4n) is 7.88. The number of hydrogen-bond acceptors (Lipinski definition) is 6. The van der Waals surface area contributed by atoms with E-state index in [2.05, 4.69) is 116 Å². The SMILES string of the molecule is CC(C)c1ccc2c(c1)CC(=O)CC2.CC(C)c1ccc2c(c1)CCC(=O)C2.CC(C)c1ccc2c(c1)CCS(=O)(=O)C2.CC(C)c1ccc2c(c1)CS(=O)(=O)CC2. The Morgan fingerprint density at radius 1 is 0.362 bits per heavy atom. The third kappa shape index (κ3) is 12.6. The topological polar surface area (TPSA) is 102 Å². The molecule has 0 bridgehead atoms. The van der Waals surface area contributed by atoms with Crippen LogP contribution in [0.3, 0.4) is 0 Å². The molecule has 0 atom stereocenters. The summed E-state index contributed by atoms with van der Waals surface area (Å²) >= 11 is 0. The van der Waals surface area contributed by atoms with Gasteiger partial charge in [0.2, 0.25) is 0 Å². The number of hydrogen-bond donors (Lipinski definition) is 0. The van der Waals surface area contributed by atoms with Gasteiger partial charge in [-0.15, -0.1) is 0 Å². The third-order valence-electron chi connectivity index (χ3n) is 11.8. The number of Topliss-reactive ketones (excluding diaryl/α,β-unsaturated/α-hetero) is 2. The van der Waals surface area contributed by atoms with Crippen molar-refractivity contribution in [1.82, 2.24) is 0 Å². The number of benzene rings is 4. The van der Waals surface area contributed by atoms with Crippen molar-refractivity contribution in [1.29, 1.82) is 0 Å². The number of rotatable bonds is 4. The standard InChI is InChI=1S/2C13H16O.2C12H16O2S/c1-9(2)10-3-4-12-8-13(14)6-5-11(12)7-10;1-9(2)11-4-3-10-5-6-13(14)8-12(10)7-11;1-9(2)10-3-4-12-8-15(13,14)6-5-11(12)7-10;1-9(2)11-4-3-10-5-6-15(13,14)8-12(10)7-11/h2*3-4,7,9H,5-6,8H2,1-2H3;2*3-4,7,9H,5-6,8H2,1-2H3. The van der Waals surface area contributed by atoms with Gasteiger partial charge in [-0.05, 0) is 116 Å². The Morgan fingerprint density at radius 2 is 0.690 bits per heavy atom. The van der Waals surface area contributed by atoms with Gasteiger partial charge < -0.3 is 0 Å². The predicted molar refractivity (Wildman–Crippen MR) is 239 cm³/mol. The third-order valence-corrected chi connectivity index (χ3v) is 15.0. The number of aryl methyl sites for hydroxylation is 4. The minimum absolute atomic E-state index is 0.223. The maximum atomic E-state index is 11.5. The molecule has 0 saturated heterocycles. The minimum atomic E-state index is -2.84. The monoisotopic (exact) mass is 824 g/mol. The molecule has 0 radical (unpaired) electrons. The zero-order valence-electron chi connectivity index (χ0n) is 36.0. The number of fused-ring (bicyclic) bond motifs is 4. The van der Waals surface area contributed by atoms with Gasteiger partial charge in [-0.3, -0.25) is 9.59 Å². The second-order valence-corrected chi connectivity index (χ2v) is 22.2. The lowest BCUT2D eigenvalue weighted by molar-refractivity contribution is -0.119. The summed E-state index contributed by atoms with van der Waals surface area (Å²) in [6, 6.07) is 25.6. The van der Waals surface area contributed by atoms with Crippen molar-refractivity contribution < 1.29 is 26.4 Å². The van der Waals surface area contributed by atoms with E-state index in [0.717, 1.165) is 36.8 Å². The van der Waals surface area contributed by atoms with Crippen LogP contribution in [0.15, 0.2) is 72.8 Å². The Morgan fingerprint density at radius 3 is 1.17 bits per heavy atom. The van der Waals surface area contributed by atoms with Crippen molar-refractivity contribution in [2.24, 2.45) is 0 Å². The molecule has 2 aliphatic heterocycles. The van der Waals surface area contributed by atoms with Crippen molar-refractivity contribution in [2.45, 2.75) is 142 Å². The summed E-state index contributed by atoms with van der Waals surface area (Å²) in [4.78, 5) is 22.6. The smallest absolute Gasteiger partial charge is 0.154 e. The van der Waals surface area contributed by atoms with Gasteiger partial charge in [-0.25, -0.2) is 16.8 Å². The van der Waals surface area contributed by atoms with Gasteiger partial charge in [-0.1, -0.05) is 128 Å². The second kappa shape index (κ2) is 19.5. The second-order valence-electron chi connectivity index (χ2n) is 17.8. The number of carbonyl (C=O) groups is 2. The largest absolute Gasteiger partial charge is 0.299 e. The average Bonchev–Trinajstić information content (AvgIpc) is 3.16. The molecule has 312 valence electrons. The molecule has 0 saturated carbocycles. The molecule has 0 aromatic heterocycles. The van der Waals surface area contributed by atoms with E-state index in [1.807, 2.05) is 12.1 Å². The van der Waals surface area contributed by atoms with Gasteiger partial charge in [0.05, 0.1) is 23.0 Å². The summed E-state index contributed by atoms with van der Waals surface area (Å²) in [5, 5.41) is 0. The van der Waals surface area contributed by atoms with E-state index in [1.165, 1.54) is 55.6 Å². The van der Waals surface area contributed by atoms with Gasteiger partial charge in [0.1, 0.15) is 11.6 Å². The van der Waals surface area contributed by atoms with Gasteiger partial charge in [-0.2, -0.15) is 0 Å². The molecule has 4 aliphatic rings. The van der Waals surface area contributed by atoms with Crippen LogP contribution >= 0.6 is 0 Å². The maximum absolute atomic E-state index is 11.5. The summed E-state index contributed by atoms with van der Waals surface area (Å²) in [6.45, 7) is 17.3. The summed E-state index contributed by atoms with van der Waals surface area (Å²) in [5.74, 6) is 3.93. The van der Waals surface area contributed by atoms with E-state index in [-0.39, 0.29) is 11.5 Å². The Kier molecular flexibility index (Phi) is 15.2. The van der Waals surface area contributed by atoms with Crippen LogP contribution in [0.25, 0.3) is 0 Å². The highest BCUT2D eigenvalue weighted by molar-refractivity contribution is 7.90. The first kappa shape index (κ1) is 45.2. The Hall–Kier alpha value is -3.88. The number of carbonyl (C=O) groups excluding carboxylic acids is 2. The molecule has 0 spiro atoms. The molecular weight excluding hydrogens is 761 g/mol. The van der Waals surface area contributed by atoms with Crippen LogP contribution in [0.1, 0.15) is 159 Å². The van der Waals surface area contributed by atoms with Crippen molar-refractivity contribution in [2.75, 3.05) is 11.5 Å². The van der Waals surface area contributed by atoms with Crippen molar-refractivity contribution >= 4 is 31.2 Å². The van der Waals surface area contributed by atoms with Crippen molar-refractivity contribution in [3.63, 3.8) is 0 Å².